The van der Waals surface area contributed by atoms with Gasteiger partial charge in [-0.2, -0.15) is 0 Å². The van der Waals surface area contributed by atoms with Gasteiger partial charge >= 0.3 is 6.03 Å². The molecule has 2 heterocycles. The molecule has 0 unspecified atom stereocenters. The molecule has 3 amide bonds. The highest BCUT2D eigenvalue weighted by atomic mass is 35.5. The lowest BCUT2D eigenvalue weighted by Gasteiger charge is -2.24. The molecule has 1 aromatic carbocycles. The van der Waals surface area contributed by atoms with E-state index in [4.69, 9.17) is 20.8 Å². The average Bonchev–Trinajstić information content (AvgIpc) is 3.28. The molecule has 0 radical (unpaired) electrons. The lowest BCUT2D eigenvalue weighted by molar-refractivity contribution is -0.132. The molecule has 0 spiro atoms. The van der Waals surface area contributed by atoms with Crippen LogP contribution in [0, 0.1) is 0 Å². The monoisotopic (exact) mass is 377 g/mol. The molecular weight excluding hydrogens is 358 g/mol. The van der Waals surface area contributed by atoms with E-state index >= 15 is 0 Å². The summed E-state index contributed by atoms with van der Waals surface area (Å²) in [7, 11) is 0. The molecule has 1 saturated heterocycles. The maximum absolute atomic E-state index is 12.6. The number of nitrogens with zero attached hydrogens (tertiary/aromatic N) is 2. The Morgan fingerprint density at radius 3 is 2.77 bits per heavy atom. The molecule has 8 heteroatoms. The number of furan rings is 1. The van der Waals surface area contributed by atoms with E-state index in [1.54, 1.807) is 41.5 Å². The number of ether oxygens (including phenoxy) is 1. The summed E-state index contributed by atoms with van der Waals surface area (Å²) in [4.78, 5) is 27.4. The first kappa shape index (κ1) is 18.1. The van der Waals surface area contributed by atoms with Gasteiger partial charge in [-0.25, -0.2) is 4.79 Å². The van der Waals surface area contributed by atoms with Gasteiger partial charge in [-0.1, -0.05) is 11.6 Å². The highest BCUT2D eigenvalue weighted by Crippen LogP contribution is 2.15. The number of benzene rings is 1. The molecule has 26 heavy (non-hydrogen) atoms. The number of hydrogen-bond donors (Lipinski definition) is 1. The van der Waals surface area contributed by atoms with Crippen molar-refractivity contribution in [3.8, 4) is 5.75 Å². The molecule has 1 aromatic heterocycles. The third kappa shape index (κ3) is 4.92. The van der Waals surface area contributed by atoms with Crippen molar-refractivity contribution in [1.82, 2.24) is 15.1 Å². The minimum atomic E-state index is -0.214. The largest absolute Gasteiger partial charge is 0.492 e. The van der Waals surface area contributed by atoms with Crippen molar-refractivity contribution in [2.45, 2.75) is 6.54 Å². The van der Waals surface area contributed by atoms with Gasteiger partial charge < -0.3 is 24.3 Å². The van der Waals surface area contributed by atoms with Crippen LogP contribution in [-0.4, -0.2) is 54.5 Å². The van der Waals surface area contributed by atoms with Crippen molar-refractivity contribution in [1.29, 1.82) is 0 Å². The number of halogens is 1. The van der Waals surface area contributed by atoms with Crippen molar-refractivity contribution in [3.63, 3.8) is 0 Å². The molecule has 138 valence electrons. The molecule has 1 fully saturated rings. The third-order valence-corrected chi connectivity index (χ3v) is 4.25. The second-order valence-corrected chi connectivity index (χ2v) is 6.29. The van der Waals surface area contributed by atoms with Crippen LogP contribution in [0.4, 0.5) is 4.79 Å². The fourth-order valence-corrected chi connectivity index (χ4v) is 2.74. The van der Waals surface area contributed by atoms with Crippen LogP contribution in [0.25, 0.3) is 0 Å². The Hall–Kier alpha value is -2.67. The number of carbonyl (C=O) groups is 2. The number of hydrogen-bond acceptors (Lipinski definition) is 4. The minimum absolute atomic E-state index is 0.0352. The number of amides is 3. The summed E-state index contributed by atoms with van der Waals surface area (Å²) in [6.45, 7) is 2.14. The van der Waals surface area contributed by atoms with E-state index in [2.05, 4.69) is 5.32 Å². The third-order valence-electron chi connectivity index (χ3n) is 3.99. The van der Waals surface area contributed by atoms with Crippen molar-refractivity contribution >= 4 is 23.5 Å². The van der Waals surface area contributed by atoms with E-state index in [0.717, 1.165) is 0 Å². The maximum atomic E-state index is 12.6. The quantitative estimate of drug-likeness (QED) is 0.766. The normalized spacial score (nSPS) is 13.6. The molecule has 0 bridgehead atoms. The van der Waals surface area contributed by atoms with E-state index in [-0.39, 0.29) is 18.5 Å². The zero-order valence-corrected chi connectivity index (χ0v) is 14.9. The SMILES string of the molecule is O=C(CN1CCNC1=O)N(CCOc1ccc(Cl)cc1)Cc1ccco1. The Bertz CT molecular complexity index is 733. The molecule has 0 atom stereocenters. The number of urea groups is 1. The summed E-state index contributed by atoms with van der Waals surface area (Å²) in [5.74, 6) is 1.20. The predicted molar refractivity (Wildman–Crippen MR) is 96.0 cm³/mol. The molecule has 2 aromatic rings. The van der Waals surface area contributed by atoms with Crippen molar-refractivity contribution < 1.29 is 18.7 Å². The van der Waals surface area contributed by atoms with Gasteiger partial charge in [0, 0.05) is 18.1 Å². The van der Waals surface area contributed by atoms with Crippen molar-refractivity contribution in [3.05, 3.63) is 53.4 Å². The van der Waals surface area contributed by atoms with Crippen LogP contribution < -0.4 is 10.1 Å². The maximum Gasteiger partial charge on any atom is 0.317 e. The van der Waals surface area contributed by atoms with Crippen LogP contribution in [0.3, 0.4) is 0 Å². The Morgan fingerprint density at radius 2 is 2.12 bits per heavy atom. The summed E-state index contributed by atoms with van der Waals surface area (Å²) in [6, 6.07) is 10.4. The topological polar surface area (TPSA) is 75.0 Å². The van der Waals surface area contributed by atoms with E-state index in [1.807, 2.05) is 6.07 Å². The van der Waals surface area contributed by atoms with Crippen LogP contribution in [-0.2, 0) is 11.3 Å². The van der Waals surface area contributed by atoms with Gasteiger partial charge in [0.1, 0.15) is 24.7 Å². The Kier molecular flexibility index (Phi) is 6.01. The van der Waals surface area contributed by atoms with E-state index in [1.165, 1.54) is 4.90 Å². The Morgan fingerprint density at radius 1 is 1.31 bits per heavy atom. The van der Waals surface area contributed by atoms with Gasteiger partial charge in [0.15, 0.2) is 0 Å². The van der Waals surface area contributed by atoms with Gasteiger partial charge in [0.25, 0.3) is 0 Å². The molecular formula is C18H20ClN3O4. The molecule has 0 aliphatic carbocycles. The van der Waals surface area contributed by atoms with Gasteiger partial charge in [-0.05, 0) is 36.4 Å². The molecule has 0 saturated carbocycles. The van der Waals surface area contributed by atoms with E-state index in [9.17, 15) is 9.59 Å². The second-order valence-electron chi connectivity index (χ2n) is 5.85. The zero-order valence-electron chi connectivity index (χ0n) is 14.2. The van der Waals surface area contributed by atoms with E-state index in [0.29, 0.717) is 49.3 Å². The van der Waals surface area contributed by atoms with Gasteiger partial charge in [0.05, 0.1) is 19.4 Å². The van der Waals surface area contributed by atoms with Gasteiger partial charge in [0.2, 0.25) is 5.91 Å². The number of nitrogens with one attached hydrogen (secondary N) is 1. The number of rotatable bonds is 8. The van der Waals surface area contributed by atoms with Crippen LogP contribution in [0.1, 0.15) is 5.76 Å². The van der Waals surface area contributed by atoms with Crippen LogP contribution in [0.2, 0.25) is 5.02 Å². The first-order valence-electron chi connectivity index (χ1n) is 8.33. The predicted octanol–water partition coefficient (Wildman–Crippen LogP) is 2.37. The number of carbonyl (C=O) groups excluding carboxylic acids is 2. The molecule has 7 nitrogen and oxygen atoms in total. The minimum Gasteiger partial charge on any atom is -0.492 e. The highest BCUT2D eigenvalue weighted by Gasteiger charge is 2.25. The lowest BCUT2D eigenvalue weighted by Crippen LogP contribution is -2.42. The lowest BCUT2D eigenvalue weighted by atomic mass is 10.3. The smallest absolute Gasteiger partial charge is 0.317 e. The van der Waals surface area contributed by atoms with Crippen LogP contribution in [0.15, 0.2) is 47.1 Å². The first-order valence-corrected chi connectivity index (χ1v) is 8.71. The van der Waals surface area contributed by atoms with Gasteiger partial charge in [-0.3, -0.25) is 4.79 Å². The summed E-state index contributed by atoms with van der Waals surface area (Å²) >= 11 is 5.85. The molecule has 3 rings (SSSR count). The average molecular weight is 378 g/mol. The second kappa shape index (κ2) is 8.62. The summed E-state index contributed by atoms with van der Waals surface area (Å²) in [5, 5.41) is 3.33. The standard InChI is InChI=1S/C18H20ClN3O4/c19-14-3-5-15(6-4-14)26-11-9-21(12-16-2-1-10-25-16)17(23)13-22-8-7-20-18(22)24/h1-6,10H,7-9,11-13H2,(H,20,24). The fourth-order valence-electron chi connectivity index (χ4n) is 2.61. The molecule has 1 aliphatic heterocycles. The summed E-state index contributed by atoms with van der Waals surface area (Å²) < 4.78 is 11.0. The van der Waals surface area contributed by atoms with Crippen LogP contribution in [0.5, 0.6) is 5.75 Å². The van der Waals surface area contributed by atoms with Crippen molar-refractivity contribution in [2.24, 2.45) is 0 Å². The summed E-state index contributed by atoms with van der Waals surface area (Å²) in [6.07, 6.45) is 1.57. The van der Waals surface area contributed by atoms with Crippen LogP contribution >= 0.6 is 11.6 Å². The Balaban J connectivity index is 1.57. The zero-order chi connectivity index (χ0) is 18.4. The van der Waals surface area contributed by atoms with Crippen molar-refractivity contribution in [2.75, 3.05) is 32.8 Å². The van der Waals surface area contributed by atoms with Gasteiger partial charge in [-0.15, -0.1) is 0 Å². The summed E-state index contributed by atoms with van der Waals surface area (Å²) in [5.41, 5.74) is 0. The first-order chi connectivity index (χ1) is 12.6. The Labute approximate surface area is 156 Å². The fraction of sp³-hybridized carbons (Fsp3) is 0.333. The highest BCUT2D eigenvalue weighted by molar-refractivity contribution is 6.30. The molecule has 1 aliphatic rings. The molecule has 1 N–H and O–H groups in total. The van der Waals surface area contributed by atoms with E-state index < -0.39 is 0 Å².